The monoisotopic (exact) mass is 825 g/mol. The first-order valence-corrected chi connectivity index (χ1v) is 23.0. The highest BCUT2D eigenvalue weighted by Gasteiger charge is 2.37. The Balaban J connectivity index is 0.000000212. The highest BCUT2D eigenvalue weighted by molar-refractivity contribution is 7.73. The Labute approximate surface area is 351 Å². The van der Waals surface area contributed by atoms with Crippen LogP contribution in [0.4, 0.5) is 0 Å². The minimum atomic E-state index is -1.35. The van der Waals surface area contributed by atoms with Crippen LogP contribution in [0.5, 0.6) is 0 Å². The molecular weight excluding hydrogens is 763 g/mol. The summed E-state index contributed by atoms with van der Waals surface area (Å²) in [5, 5.41) is 29.5. The van der Waals surface area contributed by atoms with Gasteiger partial charge in [-0.15, -0.1) is 0 Å². The smallest absolute Gasteiger partial charge is 0.488 e. The number of benzene rings is 5. The van der Waals surface area contributed by atoms with Crippen molar-refractivity contribution in [2.24, 2.45) is 0 Å². The quantitative estimate of drug-likeness (QED) is 0.101. The Hall–Kier alpha value is -3.18. The van der Waals surface area contributed by atoms with Gasteiger partial charge in [-0.05, 0) is 90.7 Å². The lowest BCUT2D eigenvalue weighted by Gasteiger charge is -2.30. The van der Waals surface area contributed by atoms with Crippen molar-refractivity contribution in [3.8, 4) is 0 Å². The van der Waals surface area contributed by atoms with Crippen molar-refractivity contribution in [2.45, 2.75) is 109 Å². The third-order valence-electron chi connectivity index (χ3n) is 11.0. The fourth-order valence-corrected chi connectivity index (χ4v) is 14.7. The van der Waals surface area contributed by atoms with E-state index in [1.165, 1.54) is 47.9 Å². The fourth-order valence-electron chi connectivity index (χ4n) is 7.47. The number of aryl methyl sites for hydroxylation is 3. The van der Waals surface area contributed by atoms with Crippen molar-refractivity contribution in [2.75, 3.05) is 0 Å². The van der Waals surface area contributed by atoms with Gasteiger partial charge in [-0.3, -0.25) is 4.79 Å². The maximum absolute atomic E-state index is 10.1. The van der Waals surface area contributed by atoms with Gasteiger partial charge in [0.2, 0.25) is 0 Å². The number of hydrogen-bond acceptors (Lipinski definition) is 4. The molecule has 5 nitrogen and oxygen atoms in total. The molecule has 2 fully saturated rings. The van der Waals surface area contributed by atoms with E-state index < -0.39 is 7.12 Å². The number of aliphatic hydroxyl groups excluding tert-OH is 1. The molecule has 2 saturated heterocycles. The lowest BCUT2D eigenvalue weighted by molar-refractivity contribution is -0.411. The van der Waals surface area contributed by atoms with Gasteiger partial charge in [0, 0.05) is 16.7 Å². The summed E-state index contributed by atoms with van der Waals surface area (Å²) in [7, 11) is -1.19. The van der Waals surface area contributed by atoms with Crippen LogP contribution in [-0.4, -0.2) is 51.2 Å². The molecule has 57 heavy (non-hydrogen) atoms. The molecular formula is C48H63BClNO4P2. The van der Waals surface area contributed by atoms with Crippen molar-refractivity contribution in [1.29, 1.82) is 0 Å². The lowest BCUT2D eigenvalue weighted by Crippen LogP contribution is -3.00. The fraction of sp³-hybridized carbons (Fsp3) is 0.354. The number of halogens is 1. The van der Waals surface area contributed by atoms with Crippen molar-refractivity contribution in [3.63, 3.8) is 0 Å². The van der Waals surface area contributed by atoms with Crippen molar-refractivity contribution in [1.82, 2.24) is 0 Å². The van der Waals surface area contributed by atoms with Gasteiger partial charge in [0.15, 0.2) is 0 Å². The zero-order valence-electron chi connectivity index (χ0n) is 34.9. The van der Waals surface area contributed by atoms with E-state index in [0.29, 0.717) is 11.0 Å². The van der Waals surface area contributed by atoms with Crippen molar-refractivity contribution in [3.05, 3.63) is 160 Å². The molecule has 4 atom stereocenters. The summed E-state index contributed by atoms with van der Waals surface area (Å²) >= 11 is 0. The second-order valence-corrected chi connectivity index (χ2v) is 21.6. The molecule has 2 aliphatic heterocycles. The highest BCUT2D eigenvalue weighted by Crippen LogP contribution is 2.58. The van der Waals surface area contributed by atoms with Gasteiger partial charge in [0.05, 0.1) is 6.61 Å². The van der Waals surface area contributed by atoms with Gasteiger partial charge in [-0.1, -0.05) is 182 Å². The van der Waals surface area contributed by atoms with Crippen LogP contribution in [0.3, 0.4) is 0 Å². The van der Waals surface area contributed by atoms with Crippen LogP contribution in [-0.2, 0) is 6.61 Å². The number of carbonyl (C=O) groups excluding carboxylic acids is 1. The predicted molar refractivity (Wildman–Crippen MR) is 242 cm³/mol. The number of aldehydes is 1. The van der Waals surface area contributed by atoms with Gasteiger partial charge in [-0.25, -0.2) is 0 Å². The van der Waals surface area contributed by atoms with E-state index in [4.69, 9.17) is 15.2 Å². The largest absolute Gasteiger partial charge is 1.00 e. The lowest BCUT2D eigenvalue weighted by atomic mass is 9.80. The van der Waals surface area contributed by atoms with Crippen LogP contribution in [0.15, 0.2) is 121 Å². The average molecular weight is 826 g/mol. The molecule has 0 radical (unpaired) electrons. The number of rotatable bonds is 7. The summed E-state index contributed by atoms with van der Waals surface area (Å²) in [5.74, 6) is 0. The van der Waals surface area contributed by atoms with Gasteiger partial charge >= 0.3 is 7.12 Å². The molecule has 7 rings (SSSR count). The Morgan fingerprint density at radius 1 is 0.614 bits per heavy atom. The molecule has 0 spiro atoms. The van der Waals surface area contributed by atoms with Crippen molar-refractivity contribution < 1.29 is 38.1 Å². The second-order valence-electron chi connectivity index (χ2n) is 15.5. The first kappa shape index (κ1) is 48.2. The maximum atomic E-state index is 10.1. The number of carbonyl (C=O) groups is 1. The summed E-state index contributed by atoms with van der Waals surface area (Å²) < 4.78 is 0. The van der Waals surface area contributed by atoms with E-state index in [9.17, 15) is 4.79 Å². The molecule has 9 heteroatoms. The van der Waals surface area contributed by atoms with Crippen LogP contribution in [0.25, 0.3) is 0 Å². The van der Waals surface area contributed by atoms with Crippen LogP contribution >= 0.6 is 15.8 Å². The normalized spacial score (nSPS) is 18.9. The second kappa shape index (κ2) is 24.0. The third-order valence-corrected chi connectivity index (χ3v) is 17.9. The molecule has 0 unspecified atom stereocenters. The Bertz CT molecular complexity index is 1800. The topological polar surface area (TPSA) is 105 Å². The summed E-state index contributed by atoms with van der Waals surface area (Å²) in [6.07, 6.45) is 6.57. The molecule has 0 bridgehead atoms. The van der Waals surface area contributed by atoms with E-state index >= 15 is 0 Å². The van der Waals surface area contributed by atoms with E-state index in [-0.39, 0.29) is 40.9 Å². The third kappa shape index (κ3) is 14.3. The highest BCUT2D eigenvalue weighted by atomic mass is 35.5. The molecule has 5 aromatic rings. The molecule has 2 aliphatic rings. The van der Waals surface area contributed by atoms with E-state index in [1.54, 1.807) is 47.0 Å². The van der Waals surface area contributed by atoms with Crippen LogP contribution in [0.2, 0.25) is 0 Å². The Kier molecular flexibility index (Phi) is 20.3. The van der Waals surface area contributed by atoms with Crippen LogP contribution in [0.1, 0.15) is 103 Å². The maximum Gasteiger partial charge on any atom is 0.488 e. The minimum absolute atomic E-state index is 0. The summed E-state index contributed by atoms with van der Waals surface area (Å²) in [6, 6.07) is 40.9. The first-order valence-electron chi connectivity index (χ1n) is 20.0. The number of hydrogen-bond donors (Lipinski definition) is 4. The number of aliphatic hydroxyl groups is 1. The molecule has 5 aromatic carbocycles. The Morgan fingerprint density at radius 3 is 1.28 bits per heavy atom. The number of quaternary nitrogens is 1. The molecule has 0 saturated carbocycles. The van der Waals surface area contributed by atoms with E-state index in [2.05, 4.69) is 120 Å². The molecule has 6 N–H and O–H groups in total. The van der Waals surface area contributed by atoms with Crippen molar-refractivity contribution >= 4 is 45.3 Å². The van der Waals surface area contributed by atoms with Gasteiger partial charge in [0.25, 0.3) is 0 Å². The molecule has 0 amide bonds. The summed E-state index contributed by atoms with van der Waals surface area (Å²) in [6.45, 7) is 16.2. The molecule has 0 aromatic heterocycles. The summed E-state index contributed by atoms with van der Waals surface area (Å²) in [5.41, 5.74) is 16.2. The first-order chi connectivity index (χ1) is 26.8. The van der Waals surface area contributed by atoms with Gasteiger partial charge in [0.1, 0.15) is 12.3 Å². The zero-order chi connectivity index (χ0) is 40.8. The van der Waals surface area contributed by atoms with E-state index in [1.807, 2.05) is 19.1 Å². The predicted octanol–water partition coefficient (Wildman–Crippen LogP) is 5.35. The van der Waals surface area contributed by atoms with Gasteiger partial charge < -0.3 is 33.3 Å². The minimum Gasteiger partial charge on any atom is -1.00 e. The standard InChI is InChI=1S/C18H28P2.C15H17N.C8H8O2.C7H9BO2.ClH/c1-13-9-10-14(2)19(13)17-7-5-6-8-18(17)20-15(3)11-12-16(20)4;1-11-3-7-13(8-4-11)15(16)14-9-5-12(2)6-10-14;9-5-7-1-2-8(6-10)4-3-7;1-6-2-4-7(5-3-6)8(9)10;/h5-8,13-16H,9-12H2,1-4H3;3-10,15H,16H2,1-2H3;1-5,10H,6H2;2-5,9-10H,1H3;1H/t13-,14-,15-,16-;;;;/m0..../s1. The SMILES string of the molecule is C[C@H]1CC[C@H](C)P1c1ccccc1P1[C@@H](C)CC[C@@H]1C.Cc1ccc(B(O)O)cc1.Cc1ccc(C([NH3+])c2ccc(C)cc2)cc1.O=Cc1ccc(CO)cc1.[Cl-]. The Morgan fingerprint density at radius 2 is 0.965 bits per heavy atom. The van der Waals surface area contributed by atoms with Crippen LogP contribution in [0, 0.1) is 20.8 Å². The summed E-state index contributed by atoms with van der Waals surface area (Å²) in [4.78, 5) is 10.1. The average Bonchev–Trinajstić information content (AvgIpc) is 3.73. The molecule has 0 aliphatic carbocycles. The molecule has 304 valence electrons. The van der Waals surface area contributed by atoms with Crippen LogP contribution < -0.4 is 34.2 Å². The zero-order valence-corrected chi connectivity index (χ0v) is 37.4. The molecule has 2 heterocycles. The van der Waals surface area contributed by atoms with E-state index in [0.717, 1.165) is 40.0 Å². The van der Waals surface area contributed by atoms with Gasteiger partial charge in [-0.2, -0.15) is 0 Å².